The van der Waals surface area contributed by atoms with Gasteiger partial charge in [0.25, 0.3) is 0 Å². The van der Waals surface area contributed by atoms with Crippen LogP contribution in [-0.2, 0) is 12.8 Å². The van der Waals surface area contributed by atoms with Crippen LogP contribution in [0.4, 0.5) is 0 Å². The Morgan fingerprint density at radius 2 is 1.38 bits per heavy atom. The molecule has 0 aliphatic heterocycles. The molecular weight excluding hydrogens is 256 g/mol. The lowest BCUT2D eigenvalue weighted by atomic mass is 9.79. The van der Waals surface area contributed by atoms with Crippen LogP contribution in [0, 0.1) is 0 Å². The highest BCUT2D eigenvalue weighted by atomic mass is 16.3. The zero-order chi connectivity index (χ0) is 14.2. The van der Waals surface area contributed by atoms with Crippen molar-refractivity contribution in [3.63, 3.8) is 0 Å². The van der Waals surface area contributed by atoms with Crippen LogP contribution in [0.3, 0.4) is 0 Å². The highest BCUT2D eigenvalue weighted by Crippen LogP contribution is 2.48. The molecule has 3 aliphatic carbocycles. The topological polar surface area (TPSA) is 20.2 Å². The third-order valence-electron chi connectivity index (χ3n) is 6.25. The van der Waals surface area contributed by atoms with Crippen LogP contribution in [0.5, 0.6) is 5.75 Å². The summed E-state index contributed by atoms with van der Waals surface area (Å²) in [6.45, 7) is 0. The number of benzene rings is 1. The van der Waals surface area contributed by atoms with Crippen molar-refractivity contribution >= 4 is 0 Å². The van der Waals surface area contributed by atoms with Crippen molar-refractivity contribution in [1.82, 2.24) is 0 Å². The summed E-state index contributed by atoms with van der Waals surface area (Å²) >= 11 is 0. The molecule has 1 aromatic carbocycles. The Bertz CT molecular complexity index is 519. The molecule has 1 nitrogen and oxygen atoms in total. The highest BCUT2D eigenvalue weighted by Gasteiger charge is 2.30. The van der Waals surface area contributed by atoms with E-state index in [-0.39, 0.29) is 0 Å². The van der Waals surface area contributed by atoms with Crippen molar-refractivity contribution in [3.05, 3.63) is 28.3 Å². The summed E-state index contributed by atoms with van der Waals surface area (Å²) in [7, 11) is 0. The molecule has 0 spiro atoms. The van der Waals surface area contributed by atoms with Crippen molar-refractivity contribution in [3.8, 4) is 5.75 Å². The van der Waals surface area contributed by atoms with Crippen molar-refractivity contribution in [2.24, 2.45) is 0 Å². The van der Waals surface area contributed by atoms with E-state index >= 15 is 0 Å². The second-order valence-electron chi connectivity index (χ2n) is 7.54. The molecule has 0 amide bonds. The van der Waals surface area contributed by atoms with Gasteiger partial charge in [-0.15, -0.1) is 0 Å². The molecule has 114 valence electrons. The van der Waals surface area contributed by atoms with E-state index < -0.39 is 0 Å². The monoisotopic (exact) mass is 284 g/mol. The third kappa shape index (κ3) is 2.39. The van der Waals surface area contributed by atoms with Gasteiger partial charge in [0.15, 0.2) is 0 Å². The van der Waals surface area contributed by atoms with Crippen molar-refractivity contribution in [2.75, 3.05) is 0 Å². The van der Waals surface area contributed by atoms with E-state index in [0.717, 1.165) is 5.75 Å². The minimum absolute atomic E-state index is 0.636. The molecule has 0 saturated heterocycles. The number of aromatic hydroxyl groups is 1. The van der Waals surface area contributed by atoms with Gasteiger partial charge in [-0.2, -0.15) is 0 Å². The van der Waals surface area contributed by atoms with E-state index in [2.05, 4.69) is 6.07 Å². The zero-order valence-electron chi connectivity index (χ0n) is 13.2. The van der Waals surface area contributed by atoms with E-state index in [1.165, 1.54) is 88.2 Å². The van der Waals surface area contributed by atoms with Gasteiger partial charge in [-0.1, -0.05) is 31.7 Å². The largest absolute Gasteiger partial charge is 0.507 e. The summed E-state index contributed by atoms with van der Waals surface area (Å²) in [5.41, 5.74) is 5.84. The standard InChI is InChI=1S/C20H28O/c21-20-18(14-7-1-2-8-14)13-16-11-5-6-12-17(16)19(20)15-9-3-4-10-15/h13-15,21H,1-12H2. The average Bonchev–Trinajstić information content (AvgIpc) is 3.20. The SMILES string of the molecule is Oc1c(C2CCCC2)cc2c(c1C1CCCC1)CCCC2. The molecule has 0 unspecified atom stereocenters. The first-order valence-corrected chi connectivity index (χ1v) is 9.22. The third-order valence-corrected chi connectivity index (χ3v) is 6.25. The molecule has 4 rings (SSSR count). The molecule has 0 heterocycles. The second-order valence-corrected chi connectivity index (χ2v) is 7.54. The lowest BCUT2D eigenvalue weighted by Gasteiger charge is -2.27. The molecule has 1 N–H and O–H groups in total. The van der Waals surface area contributed by atoms with Crippen molar-refractivity contribution in [1.29, 1.82) is 0 Å². The summed E-state index contributed by atoms with van der Waals surface area (Å²) in [4.78, 5) is 0. The predicted octanol–water partition coefficient (Wildman–Crippen LogP) is 5.59. The number of phenolic OH excluding ortho intramolecular Hbond substituents is 1. The minimum atomic E-state index is 0.636. The number of rotatable bonds is 2. The predicted molar refractivity (Wildman–Crippen MR) is 87.2 cm³/mol. The highest BCUT2D eigenvalue weighted by molar-refractivity contribution is 5.54. The molecule has 21 heavy (non-hydrogen) atoms. The van der Waals surface area contributed by atoms with Gasteiger partial charge in [0.2, 0.25) is 0 Å². The quantitative estimate of drug-likeness (QED) is 0.751. The second kappa shape index (κ2) is 5.66. The molecule has 2 fully saturated rings. The molecule has 2 saturated carbocycles. The lowest BCUT2D eigenvalue weighted by Crippen LogP contribution is -2.11. The van der Waals surface area contributed by atoms with Gasteiger partial charge < -0.3 is 5.11 Å². The van der Waals surface area contributed by atoms with E-state index in [9.17, 15) is 5.11 Å². The van der Waals surface area contributed by atoms with Gasteiger partial charge in [0.05, 0.1) is 0 Å². The first-order valence-electron chi connectivity index (χ1n) is 9.22. The van der Waals surface area contributed by atoms with Crippen LogP contribution < -0.4 is 0 Å². The summed E-state index contributed by atoms with van der Waals surface area (Å²) in [6, 6.07) is 2.40. The number of hydrogen-bond donors (Lipinski definition) is 1. The molecular formula is C20H28O. The Morgan fingerprint density at radius 3 is 2.10 bits per heavy atom. The average molecular weight is 284 g/mol. The minimum Gasteiger partial charge on any atom is -0.507 e. The Morgan fingerprint density at radius 1 is 0.762 bits per heavy atom. The summed E-state index contributed by atoms with van der Waals surface area (Å²) < 4.78 is 0. The van der Waals surface area contributed by atoms with Crippen LogP contribution in [0.1, 0.15) is 98.3 Å². The van der Waals surface area contributed by atoms with Gasteiger partial charge in [0, 0.05) is 5.56 Å². The number of hydrogen-bond acceptors (Lipinski definition) is 1. The Hall–Kier alpha value is -0.980. The van der Waals surface area contributed by atoms with Crippen LogP contribution in [0.2, 0.25) is 0 Å². The summed E-state index contributed by atoms with van der Waals surface area (Å²) in [6.07, 6.45) is 15.7. The van der Waals surface area contributed by atoms with Crippen LogP contribution in [-0.4, -0.2) is 5.11 Å². The Labute approximate surface area is 128 Å². The maximum atomic E-state index is 11.1. The lowest BCUT2D eigenvalue weighted by molar-refractivity contribution is 0.443. The molecule has 0 radical (unpaired) electrons. The maximum absolute atomic E-state index is 11.1. The fraction of sp³-hybridized carbons (Fsp3) is 0.700. The van der Waals surface area contributed by atoms with Crippen LogP contribution in [0.25, 0.3) is 0 Å². The van der Waals surface area contributed by atoms with E-state index in [4.69, 9.17) is 0 Å². The normalized spacial score (nSPS) is 23.6. The molecule has 0 aromatic heterocycles. The van der Waals surface area contributed by atoms with Gasteiger partial charge in [-0.25, -0.2) is 0 Å². The molecule has 3 aliphatic rings. The molecule has 0 bridgehead atoms. The van der Waals surface area contributed by atoms with Crippen molar-refractivity contribution in [2.45, 2.75) is 88.9 Å². The maximum Gasteiger partial charge on any atom is 0.122 e. The zero-order valence-corrected chi connectivity index (χ0v) is 13.2. The van der Waals surface area contributed by atoms with Crippen LogP contribution >= 0.6 is 0 Å². The first kappa shape index (κ1) is 13.7. The van der Waals surface area contributed by atoms with Gasteiger partial charge >= 0.3 is 0 Å². The molecule has 1 aromatic rings. The summed E-state index contributed by atoms with van der Waals surface area (Å²) in [5.74, 6) is 2.00. The number of phenols is 1. The molecule has 1 heteroatoms. The summed E-state index contributed by atoms with van der Waals surface area (Å²) in [5, 5.41) is 11.1. The van der Waals surface area contributed by atoms with E-state index in [0.29, 0.717) is 11.8 Å². The first-order chi connectivity index (χ1) is 10.3. The number of fused-ring (bicyclic) bond motifs is 1. The fourth-order valence-electron chi connectivity index (χ4n) is 5.15. The van der Waals surface area contributed by atoms with Gasteiger partial charge in [0.1, 0.15) is 5.75 Å². The van der Waals surface area contributed by atoms with Gasteiger partial charge in [-0.3, -0.25) is 0 Å². The van der Waals surface area contributed by atoms with Crippen molar-refractivity contribution < 1.29 is 5.11 Å². The van der Waals surface area contributed by atoms with E-state index in [1.807, 2.05) is 0 Å². The van der Waals surface area contributed by atoms with Gasteiger partial charge in [-0.05, 0) is 79.9 Å². The van der Waals surface area contributed by atoms with Crippen LogP contribution in [0.15, 0.2) is 6.07 Å². The van der Waals surface area contributed by atoms with E-state index in [1.54, 1.807) is 11.1 Å². The fourth-order valence-corrected chi connectivity index (χ4v) is 5.15. The Balaban J connectivity index is 1.82. The smallest absolute Gasteiger partial charge is 0.122 e. The Kier molecular flexibility index (Phi) is 3.69. The number of aryl methyl sites for hydroxylation is 1. The molecule has 0 atom stereocenters.